The molecule has 2 nitrogen and oxygen atoms in total. The molecule has 90 valence electrons. The molecular formula is C13H15ClN2S. The molecular weight excluding hydrogens is 252 g/mol. The summed E-state index contributed by atoms with van der Waals surface area (Å²) >= 11 is 7.67. The Morgan fingerprint density at radius 3 is 2.94 bits per heavy atom. The van der Waals surface area contributed by atoms with Crippen LogP contribution in [0.15, 0.2) is 35.8 Å². The van der Waals surface area contributed by atoms with Crippen LogP contribution in [-0.2, 0) is 6.54 Å². The quantitative estimate of drug-likeness (QED) is 0.778. The fourth-order valence-electron chi connectivity index (χ4n) is 1.71. The lowest BCUT2D eigenvalue weighted by Gasteiger charge is -2.23. The molecule has 0 aliphatic rings. The second-order valence-electron chi connectivity index (χ2n) is 4.09. The van der Waals surface area contributed by atoms with Gasteiger partial charge in [-0.25, -0.2) is 4.98 Å². The number of halogens is 1. The molecule has 0 N–H and O–H groups in total. The summed E-state index contributed by atoms with van der Waals surface area (Å²) in [5.41, 5.74) is 1.19. The maximum atomic E-state index is 5.88. The maximum Gasteiger partial charge on any atom is 0.129 e. The van der Waals surface area contributed by atoms with E-state index in [0.717, 1.165) is 6.54 Å². The van der Waals surface area contributed by atoms with E-state index in [9.17, 15) is 0 Å². The van der Waals surface area contributed by atoms with Crippen LogP contribution < -0.4 is 0 Å². The summed E-state index contributed by atoms with van der Waals surface area (Å²) in [6, 6.07) is 8.60. The van der Waals surface area contributed by atoms with Gasteiger partial charge in [-0.1, -0.05) is 17.7 Å². The van der Waals surface area contributed by atoms with Crippen LogP contribution in [0.25, 0.3) is 0 Å². The smallest absolute Gasteiger partial charge is 0.129 e. The predicted molar refractivity (Wildman–Crippen MR) is 73.4 cm³/mol. The van der Waals surface area contributed by atoms with Crippen molar-refractivity contribution in [3.63, 3.8) is 0 Å². The average Bonchev–Trinajstić information content (AvgIpc) is 2.81. The molecule has 2 aromatic rings. The largest absolute Gasteiger partial charge is 0.295 e. The monoisotopic (exact) mass is 266 g/mol. The topological polar surface area (TPSA) is 16.1 Å². The van der Waals surface area contributed by atoms with Gasteiger partial charge >= 0.3 is 0 Å². The van der Waals surface area contributed by atoms with Gasteiger partial charge in [0, 0.05) is 23.7 Å². The standard InChI is InChI=1S/C13H15ClN2S/c1-10(12-4-3-7-17-12)16(2)9-11-5-6-15-13(14)8-11/h3-8,10H,9H2,1-2H3. The molecule has 17 heavy (non-hydrogen) atoms. The van der Waals surface area contributed by atoms with E-state index in [1.165, 1.54) is 10.4 Å². The first kappa shape index (κ1) is 12.6. The van der Waals surface area contributed by atoms with Crippen LogP contribution in [0.1, 0.15) is 23.4 Å². The number of hydrogen-bond acceptors (Lipinski definition) is 3. The van der Waals surface area contributed by atoms with Crippen molar-refractivity contribution in [2.24, 2.45) is 0 Å². The third-order valence-electron chi connectivity index (χ3n) is 2.84. The van der Waals surface area contributed by atoms with Crippen LogP contribution in [0.2, 0.25) is 5.15 Å². The summed E-state index contributed by atoms with van der Waals surface area (Å²) in [6.45, 7) is 3.09. The van der Waals surface area contributed by atoms with Gasteiger partial charge in [0.05, 0.1) is 0 Å². The molecule has 0 radical (unpaired) electrons. The van der Waals surface area contributed by atoms with Gasteiger partial charge in [0.25, 0.3) is 0 Å². The molecule has 2 heterocycles. The molecule has 1 atom stereocenters. The van der Waals surface area contributed by atoms with E-state index in [-0.39, 0.29) is 0 Å². The molecule has 4 heteroatoms. The molecule has 0 fully saturated rings. The molecule has 0 aromatic carbocycles. The van der Waals surface area contributed by atoms with Crippen LogP contribution in [0, 0.1) is 0 Å². The van der Waals surface area contributed by atoms with E-state index in [0.29, 0.717) is 11.2 Å². The Labute approximate surface area is 111 Å². The Balaban J connectivity index is 2.04. The van der Waals surface area contributed by atoms with Crippen molar-refractivity contribution in [2.45, 2.75) is 19.5 Å². The molecule has 0 bridgehead atoms. The van der Waals surface area contributed by atoms with E-state index in [1.807, 2.05) is 12.1 Å². The second-order valence-corrected chi connectivity index (χ2v) is 5.46. The van der Waals surface area contributed by atoms with Gasteiger partial charge in [-0.05, 0) is 43.1 Å². The maximum absolute atomic E-state index is 5.88. The van der Waals surface area contributed by atoms with Crippen LogP contribution in [0.5, 0.6) is 0 Å². The first-order chi connectivity index (χ1) is 8.16. The Morgan fingerprint density at radius 2 is 2.29 bits per heavy atom. The van der Waals surface area contributed by atoms with Crippen molar-refractivity contribution < 1.29 is 0 Å². The van der Waals surface area contributed by atoms with Gasteiger partial charge in [-0.15, -0.1) is 11.3 Å². The Hall–Kier alpha value is -0.900. The number of pyridine rings is 1. The van der Waals surface area contributed by atoms with Gasteiger partial charge < -0.3 is 0 Å². The van der Waals surface area contributed by atoms with Gasteiger partial charge in [0.2, 0.25) is 0 Å². The Bertz CT molecular complexity index is 470. The summed E-state index contributed by atoms with van der Waals surface area (Å²) in [4.78, 5) is 7.68. The lowest BCUT2D eigenvalue weighted by molar-refractivity contribution is 0.256. The number of rotatable bonds is 4. The van der Waals surface area contributed by atoms with Crippen molar-refractivity contribution in [1.29, 1.82) is 0 Å². The third-order valence-corrected chi connectivity index (χ3v) is 4.09. The Kier molecular flexibility index (Phi) is 4.15. The van der Waals surface area contributed by atoms with Crippen molar-refractivity contribution in [2.75, 3.05) is 7.05 Å². The van der Waals surface area contributed by atoms with Gasteiger partial charge in [0.15, 0.2) is 0 Å². The zero-order chi connectivity index (χ0) is 12.3. The normalized spacial score (nSPS) is 12.9. The van der Waals surface area contributed by atoms with Crippen LogP contribution in [-0.4, -0.2) is 16.9 Å². The molecule has 0 amide bonds. The summed E-state index contributed by atoms with van der Waals surface area (Å²) in [7, 11) is 2.12. The fourth-order valence-corrected chi connectivity index (χ4v) is 2.76. The number of aromatic nitrogens is 1. The highest BCUT2D eigenvalue weighted by atomic mass is 35.5. The SMILES string of the molecule is CC(c1cccs1)N(C)Cc1ccnc(Cl)c1. The van der Waals surface area contributed by atoms with Gasteiger partial charge in [0.1, 0.15) is 5.15 Å². The molecule has 0 aliphatic carbocycles. The van der Waals surface area contributed by atoms with E-state index in [1.54, 1.807) is 17.5 Å². The summed E-state index contributed by atoms with van der Waals surface area (Å²) in [5, 5.41) is 2.67. The van der Waals surface area contributed by atoms with Crippen molar-refractivity contribution >= 4 is 22.9 Å². The van der Waals surface area contributed by atoms with Crippen LogP contribution in [0.4, 0.5) is 0 Å². The van der Waals surface area contributed by atoms with E-state index in [2.05, 4.69) is 41.4 Å². The molecule has 2 rings (SSSR count). The zero-order valence-corrected chi connectivity index (χ0v) is 11.5. The van der Waals surface area contributed by atoms with E-state index < -0.39 is 0 Å². The van der Waals surface area contributed by atoms with E-state index >= 15 is 0 Å². The predicted octanol–water partition coefficient (Wildman–Crippen LogP) is 3.99. The van der Waals surface area contributed by atoms with Crippen molar-refractivity contribution in [1.82, 2.24) is 9.88 Å². The first-order valence-corrected chi connectivity index (χ1v) is 6.76. The van der Waals surface area contributed by atoms with Gasteiger partial charge in [-0.3, -0.25) is 4.90 Å². The number of thiophene rings is 1. The molecule has 0 aliphatic heterocycles. The van der Waals surface area contributed by atoms with Crippen molar-refractivity contribution in [3.8, 4) is 0 Å². The number of hydrogen-bond donors (Lipinski definition) is 0. The summed E-state index contributed by atoms with van der Waals surface area (Å²) in [5.74, 6) is 0. The Morgan fingerprint density at radius 1 is 1.47 bits per heavy atom. The molecule has 2 aromatic heterocycles. The lowest BCUT2D eigenvalue weighted by atomic mass is 10.2. The van der Waals surface area contributed by atoms with E-state index in [4.69, 9.17) is 11.6 Å². The average molecular weight is 267 g/mol. The van der Waals surface area contributed by atoms with Crippen LogP contribution >= 0.6 is 22.9 Å². The molecule has 0 saturated heterocycles. The van der Waals surface area contributed by atoms with Crippen LogP contribution in [0.3, 0.4) is 0 Å². The molecule has 0 spiro atoms. The summed E-state index contributed by atoms with van der Waals surface area (Å²) < 4.78 is 0. The zero-order valence-electron chi connectivity index (χ0n) is 9.93. The minimum absolute atomic E-state index is 0.418. The molecule has 1 unspecified atom stereocenters. The first-order valence-electron chi connectivity index (χ1n) is 5.51. The molecule has 0 saturated carbocycles. The minimum atomic E-state index is 0.418. The minimum Gasteiger partial charge on any atom is -0.295 e. The highest BCUT2D eigenvalue weighted by Crippen LogP contribution is 2.24. The third kappa shape index (κ3) is 3.28. The fraction of sp³-hybridized carbons (Fsp3) is 0.308. The number of nitrogens with zero attached hydrogens (tertiary/aromatic N) is 2. The second kappa shape index (κ2) is 5.63. The lowest BCUT2D eigenvalue weighted by Crippen LogP contribution is -2.21. The highest BCUT2D eigenvalue weighted by molar-refractivity contribution is 7.10. The van der Waals surface area contributed by atoms with Crippen molar-refractivity contribution in [3.05, 3.63) is 51.4 Å². The highest BCUT2D eigenvalue weighted by Gasteiger charge is 2.12. The summed E-state index contributed by atoms with van der Waals surface area (Å²) in [6.07, 6.45) is 1.75. The van der Waals surface area contributed by atoms with Gasteiger partial charge in [-0.2, -0.15) is 0 Å².